The fourth-order valence-corrected chi connectivity index (χ4v) is 10.9. The molecule has 264 valence electrons. The zero-order chi connectivity index (χ0) is 36.7. The highest BCUT2D eigenvalue weighted by atomic mass is 15.2. The van der Waals surface area contributed by atoms with Gasteiger partial charge in [-0.3, -0.25) is 0 Å². The molecule has 1 nitrogen and oxygen atoms in total. The molecule has 9 aromatic carbocycles. The molecule has 0 radical (unpaired) electrons. The lowest BCUT2D eigenvalue weighted by Gasteiger charge is -2.46. The van der Waals surface area contributed by atoms with Gasteiger partial charge in [-0.1, -0.05) is 153 Å². The van der Waals surface area contributed by atoms with E-state index in [1.807, 2.05) is 0 Å². The molecular weight excluding hydrogens is 663 g/mol. The molecule has 1 aliphatic carbocycles. The van der Waals surface area contributed by atoms with Crippen LogP contribution in [0.3, 0.4) is 0 Å². The Kier molecular flexibility index (Phi) is 7.29. The summed E-state index contributed by atoms with van der Waals surface area (Å²) in [6.45, 7) is 5.02. The average molecular weight is 706 g/mol. The number of anilines is 2. The van der Waals surface area contributed by atoms with E-state index in [1.54, 1.807) is 0 Å². The Morgan fingerprint density at radius 3 is 1.38 bits per heavy atom. The van der Waals surface area contributed by atoms with E-state index in [0.717, 1.165) is 0 Å². The number of rotatable bonds is 5. The van der Waals surface area contributed by atoms with Gasteiger partial charge in [-0.2, -0.15) is 0 Å². The molecule has 1 saturated carbocycles. The molecule has 0 aromatic heterocycles. The lowest BCUT2D eigenvalue weighted by molar-refractivity contribution is 0.223. The highest BCUT2D eigenvalue weighted by Gasteiger charge is 2.52. The van der Waals surface area contributed by atoms with Crippen molar-refractivity contribution in [1.82, 2.24) is 0 Å². The van der Waals surface area contributed by atoms with Gasteiger partial charge in [0, 0.05) is 22.8 Å². The SMILES string of the molecule is CC1CCCC2(C)C1c1cc(-c3cc(-c4ccccc4)c4ccc5c(-c6ccccc6)cc(-c6ccccc6)c6ccc3c4c56)ccc1N2c1ccccc1. The summed E-state index contributed by atoms with van der Waals surface area (Å²) < 4.78 is 0. The monoisotopic (exact) mass is 705 g/mol. The molecule has 3 unspecified atom stereocenters. The van der Waals surface area contributed by atoms with E-state index in [9.17, 15) is 0 Å². The smallest absolute Gasteiger partial charge is 0.0495 e. The van der Waals surface area contributed by atoms with E-state index in [0.29, 0.717) is 11.8 Å². The first-order valence-corrected chi connectivity index (χ1v) is 20.0. The van der Waals surface area contributed by atoms with Crippen LogP contribution in [0.2, 0.25) is 0 Å². The molecule has 1 aliphatic heterocycles. The van der Waals surface area contributed by atoms with E-state index in [-0.39, 0.29) is 5.54 Å². The van der Waals surface area contributed by atoms with Crippen LogP contribution in [0.5, 0.6) is 0 Å². The normalized spacial score (nSPS) is 19.3. The van der Waals surface area contributed by atoms with E-state index < -0.39 is 0 Å². The summed E-state index contributed by atoms with van der Waals surface area (Å²) in [5, 5.41) is 7.91. The second-order valence-electron chi connectivity index (χ2n) is 16.3. The molecule has 0 spiro atoms. The summed E-state index contributed by atoms with van der Waals surface area (Å²) >= 11 is 0. The minimum atomic E-state index is 0.0412. The third-order valence-electron chi connectivity index (χ3n) is 13.2. The zero-order valence-electron chi connectivity index (χ0n) is 31.5. The molecule has 0 bridgehead atoms. The Morgan fingerprint density at radius 1 is 0.473 bits per heavy atom. The molecule has 11 rings (SSSR count). The summed E-state index contributed by atoms with van der Waals surface area (Å²) in [7, 11) is 0. The van der Waals surface area contributed by atoms with E-state index in [1.165, 1.54) is 113 Å². The number of fused-ring (bicyclic) bond motifs is 3. The van der Waals surface area contributed by atoms with Gasteiger partial charge >= 0.3 is 0 Å². The largest absolute Gasteiger partial charge is 0.335 e. The lowest BCUT2D eigenvalue weighted by atomic mass is 9.67. The first kappa shape index (κ1) is 32.3. The van der Waals surface area contributed by atoms with Gasteiger partial charge in [0.1, 0.15) is 0 Å². The minimum absolute atomic E-state index is 0.0412. The number of para-hydroxylation sites is 1. The van der Waals surface area contributed by atoms with Crippen molar-refractivity contribution < 1.29 is 0 Å². The van der Waals surface area contributed by atoms with Crippen LogP contribution >= 0.6 is 0 Å². The van der Waals surface area contributed by atoms with Crippen molar-refractivity contribution in [2.45, 2.75) is 44.6 Å². The first-order valence-electron chi connectivity index (χ1n) is 20.0. The van der Waals surface area contributed by atoms with Crippen LogP contribution < -0.4 is 4.90 Å². The minimum Gasteiger partial charge on any atom is -0.335 e. The van der Waals surface area contributed by atoms with E-state index >= 15 is 0 Å². The third-order valence-corrected chi connectivity index (χ3v) is 13.2. The maximum atomic E-state index is 2.68. The molecule has 2 aliphatic rings. The fourth-order valence-electron chi connectivity index (χ4n) is 10.9. The first-order chi connectivity index (χ1) is 27.1. The second-order valence-corrected chi connectivity index (χ2v) is 16.3. The van der Waals surface area contributed by atoms with Crippen molar-refractivity contribution in [2.24, 2.45) is 5.92 Å². The van der Waals surface area contributed by atoms with Crippen molar-refractivity contribution in [3.05, 3.63) is 181 Å². The van der Waals surface area contributed by atoms with Gasteiger partial charge in [-0.05, 0) is 144 Å². The van der Waals surface area contributed by atoms with Gasteiger partial charge in [0.15, 0.2) is 0 Å². The summed E-state index contributed by atoms with van der Waals surface area (Å²) in [6.07, 6.45) is 3.74. The second kappa shape index (κ2) is 12.4. The lowest BCUT2D eigenvalue weighted by Crippen LogP contribution is -2.47. The summed E-state index contributed by atoms with van der Waals surface area (Å²) in [4.78, 5) is 2.68. The Morgan fingerprint density at radius 2 is 0.909 bits per heavy atom. The van der Waals surface area contributed by atoms with Crippen molar-refractivity contribution in [2.75, 3.05) is 4.90 Å². The van der Waals surface area contributed by atoms with Crippen LogP contribution in [-0.4, -0.2) is 5.54 Å². The highest BCUT2D eigenvalue weighted by molar-refractivity contribution is 6.32. The van der Waals surface area contributed by atoms with Crippen LogP contribution in [0.4, 0.5) is 11.4 Å². The Bertz CT molecular complexity index is 2800. The van der Waals surface area contributed by atoms with Gasteiger partial charge in [-0.15, -0.1) is 0 Å². The molecule has 1 heterocycles. The average Bonchev–Trinajstić information content (AvgIpc) is 3.52. The molecule has 0 saturated heterocycles. The van der Waals surface area contributed by atoms with Crippen LogP contribution in [0.1, 0.15) is 44.6 Å². The molecular formula is C54H43N. The van der Waals surface area contributed by atoms with Crippen molar-refractivity contribution in [3.8, 4) is 44.5 Å². The number of benzene rings is 9. The molecule has 0 amide bonds. The Balaban J connectivity index is 1.23. The van der Waals surface area contributed by atoms with Crippen LogP contribution in [0.15, 0.2) is 176 Å². The van der Waals surface area contributed by atoms with Crippen molar-refractivity contribution in [1.29, 1.82) is 0 Å². The number of hydrogen-bond acceptors (Lipinski definition) is 1. The molecule has 0 N–H and O–H groups in total. The third kappa shape index (κ3) is 4.85. The van der Waals surface area contributed by atoms with Gasteiger partial charge in [0.05, 0.1) is 0 Å². The number of hydrogen-bond donors (Lipinski definition) is 0. The van der Waals surface area contributed by atoms with Gasteiger partial charge in [-0.25, -0.2) is 0 Å². The summed E-state index contributed by atoms with van der Waals surface area (Å²) in [5.74, 6) is 1.07. The summed E-state index contributed by atoms with van der Waals surface area (Å²) in [6, 6.07) is 65.9. The maximum absolute atomic E-state index is 2.68. The molecule has 1 fully saturated rings. The van der Waals surface area contributed by atoms with Gasteiger partial charge in [0.2, 0.25) is 0 Å². The van der Waals surface area contributed by atoms with Crippen LogP contribution in [0, 0.1) is 5.92 Å². The molecule has 55 heavy (non-hydrogen) atoms. The van der Waals surface area contributed by atoms with Gasteiger partial charge in [0.25, 0.3) is 0 Å². The van der Waals surface area contributed by atoms with Crippen molar-refractivity contribution >= 4 is 43.7 Å². The Hall–Kier alpha value is -6.18. The van der Waals surface area contributed by atoms with Crippen molar-refractivity contribution in [3.63, 3.8) is 0 Å². The number of nitrogens with zero attached hydrogens (tertiary/aromatic N) is 1. The zero-order valence-corrected chi connectivity index (χ0v) is 31.5. The topological polar surface area (TPSA) is 3.24 Å². The predicted molar refractivity (Wildman–Crippen MR) is 235 cm³/mol. The van der Waals surface area contributed by atoms with Crippen LogP contribution in [0.25, 0.3) is 76.8 Å². The standard InChI is InChI=1S/C54H43N/c1-35-16-15-31-54(2)53(35)49-32-39(25-30-50(49)55(54)40-23-13-6-14-24-40)48-34-47(38-21-11-5-12-22-38)43-27-26-41-45(36-17-7-3-8-18-36)33-46(37-19-9-4-10-20-37)42-28-29-44(48)52(43)51(41)42/h3-14,17-30,32-35,53H,15-16,31H2,1-2H3. The Labute approximate surface area is 323 Å². The molecule has 1 heteroatoms. The highest BCUT2D eigenvalue weighted by Crippen LogP contribution is 2.60. The maximum Gasteiger partial charge on any atom is 0.0495 e. The van der Waals surface area contributed by atoms with Gasteiger partial charge < -0.3 is 4.90 Å². The quantitative estimate of drug-likeness (QED) is 0.161. The predicted octanol–water partition coefficient (Wildman–Crippen LogP) is 15.1. The molecule has 9 aromatic rings. The van der Waals surface area contributed by atoms with E-state index in [4.69, 9.17) is 0 Å². The van der Waals surface area contributed by atoms with Crippen LogP contribution in [-0.2, 0) is 0 Å². The van der Waals surface area contributed by atoms with E-state index in [2.05, 4.69) is 195 Å². The fraction of sp³-hybridized carbons (Fsp3) is 0.148. The summed E-state index contributed by atoms with van der Waals surface area (Å²) in [5.41, 5.74) is 14.4. The molecule has 3 atom stereocenters.